The van der Waals surface area contributed by atoms with E-state index in [0.717, 1.165) is 0 Å². The van der Waals surface area contributed by atoms with E-state index in [-0.39, 0.29) is 5.56 Å². The predicted octanol–water partition coefficient (Wildman–Crippen LogP) is 3.52. The smallest absolute Gasteiger partial charge is 0.336 e. The predicted molar refractivity (Wildman–Crippen MR) is 69.2 cm³/mol. The Kier molecular flexibility index (Phi) is 3.44. The number of halogens is 1. The van der Waals surface area contributed by atoms with Crippen LogP contribution in [0, 0.1) is 0 Å². The van der Waals surface area contributed by atoms with Crippen molar-refractivity contribution in [2.45, 2.75) is 0 Å². The first-order valence-corrected chi connectivity index (χ1v) is 5.58. The van der Waals surface area contributed by atoms with Gasteiger partial charge in [-0.2, -0.15) is 0 Å². The maximum atomic E-state index is 11.2. The minimum absolute atomic E-state index is 0.116. The summed E-state index contributed by atoms with van der Waals surface area (Å²) >= 11 is 6.05. The first-order chi connectivity index (χ1) is 8.63. The number of carbonyl (C=O) groups is 2. The fourth-order valence-corrected chi connectivity index (χ4v) is 2.05. The summed E-state index contributed by atoms with van der Waals surface area (Å²) in [6.07, 6.45) is 0.709. The molecule has 2 aromatic carbocycles. The van der Waals surface area contributed by atoms with Crippen LogP contribution < -0.4 is 0 Å². The van der Waals surface area contributed by atoms with Crippen LogP contribution in [0.25, 0.3) is 11.1 Å². The normalized spacial score (nSPS) is 10.1. The van der Waals surface area contributed by atoms with Crippen molar-refractivity contribution >= 4 is 23.9 Å². The molecule has 2 aromatic rings. The van der Waals surface area contributed by atoms with Crippen molar-refractivity contribution in [3.8, 4) is 11.1 Å². The molecule has 0 bridgehead atoms. The van der Waals surface area contributed by atoms with Gasteiger partial charge in [-0.05, 0) is 23.8 Å². The molecule has 0 heterocycles. The van der Waals surface area contributed by atoms with Crippen LogP contribution in [0.3, 0.4) is 0 Å². The molecule has 2 rings (SSSR count). The molecule has 0 saturated carbocycles. The van der Waals surface area contributed by atoms with Crippen molar-refractivity contribution in [1.29, 1.82) is 0 Å². The Hall–Kier alpha value is -2.13. The topological polar surface area (TPSA) is 54.4 Å². The van der Waals surface area contributed by atoms with Gasteiger partial charge in [0.2, 0.25) is 0 Å². The Bertz CT molecular complexity index is 620. The number of hydrogen-bond donors (Lipinski definition) is 1. The molecule has 0 aliphatic heterocycles. The molecule has 1 N–H and O–H groups in total. The molecule has 90 valence electrons. The Labute approximate surface area is 109 Å². The summed E-state index contributed by atoms with van der Waals surface area (Å²) in [7, 11) is 0. The third-order valence-corrected chi connectivity index (χ3v) is 2.87. The second-order valence-corrected chi connectivity index (χ2v) is 4.12. The quantitative estimate of drug-likeness (QED) is 0.859. The molecule has 0 radical (unpaired) electrons. The van der Waals surface area contributed by atoms with Gasteiger partial charge in [0.05, 0.1) is 5.56 Å². The lowest BCUT2D eigenvalue weighted by atomic mass is 9.98. The van der Waals surface area contributed by atoms with Crippen LogP contribution in [0.4, 0.5) is 0 Å². The van der Waals surface area contributed by atoms with Crippen LogP contribution >= 0.6 is 11.6 Å². The first-order valence-electron chi connectivity index (χ1n) is 5.21. The van der Waals surface area contributed by atoms with Crippen molar-refractivity contribution < 1.29 is 14.7 Å². The second kappa shape index (κ2) is 5.02. The van der Waals surface area contributed by atoms with Gasteiger partial charge in [-0.25, -0.2) is 4.79 Å². The van der Waals surface area contributed by atoms with E-state index in [4.69, 9.17) is 16.7 Å². The van der Waals surface area contributed by atoms with Gasteiger partial charge in [-0.3, -0.25) is 4.79 Å². The number of carboxylic acid groups (broad SMARTS) is 1. The van der Waals surface area contributed by atoms with Crippen molar-refractivity contribution in [3.63, 3.8) is 0 Å². The highest BCUT2D eigenvalue weighted by Gasteiger charge is 2.14. The molecule has 0 unspecified atom stereocenters. The highest BCUT2D eigenvalue weighted by molar-refractivity contribution is 6.34. The molecule has 0 aliphatic rings. The van der Waals surface area contributed by atoms with Gasteiger partial charge in [-0.15, -0.1) is 0 Å². The number of rotatable bonds is 3. The van der Waals surface area contributed by atoms with Crippen LogP contribution in [-0.4, -0.2) is 17.4 Å². The van der Waals surface area contributed by atoms with E-state index >= 15 is 0 Å². The van der Waals surface area contributed by atoms with E-state index in [1.165, 1.54) is 6.07 Å². The summed E-state index contributed by atoms with van der Waals surface area (Å²) in [5.74, 6) is -1.05. The number of aromatic carboxylic acids is 1. The molecular formula is C14H9ClO3. The first kappa shape index (κ1) is 12.3. The summed E-state index contributed by atoms with van der Waals surface area (Å²) < 4.78 is 0. The Morgan fingerprint density at radius 3 is 2.56 bits per heavy atom. The van der Waals surface area contributed by atoms with E-state index < -0.39 is 5.97 Å². The molecule has 4 heteroatoms. The average Bonchev–Trinajstić information content (AvgIpc) is 2.38. The van der Waals surface area contributed by atoms with E-state index in [9.17, 15) is 9.59 Å². The molecule has 0 fully saturated rings. The van der Waals surface area contributed by atoms with Crippen molar-refractivity contribution in [1.82, 2.24) is 0 Å². The van der Waals surface area contributed by atoms with Gasteiger partial charge in [-0.1, -0.05) is 35.9 Å². The number of aldehydes is 1. The highest BCUT2D eigenvalue weighted by Crippen LogP contribution is 2.31. The van der Waals surface area contributed by atoms with Gasteiger partial charge in [0.25, 0.3) is 0 Å². The zero-order chi connectivity index (χ0) is 13.1. The van der Waals surface area contributed by atoms with Crippen LogP contribution in [0.1, 0.15) is 20.7 Å². The molecule has 0 amide bonds. The van der Waals surface area contributed by atoms with Crippen molar-refractivity contribution in [2.24, 2.45) is 0 Å². The summed E-state index contributed by atoms with van der Waals surface area (Å²) in [5.41, 5.74) is 1.63. The SMILES string of the molecule is O=Cc1cccc(-c2c(Cl)cccc2C(=O)O)c1. The maximum Gasteiger partial charge on any atom is 0.336 e. The van der Waals surface area contributed by atoms with Crippen molar-refractivity contribution in [2.75, 3.05) is 0 Å². The Morgan fingerprint density at radius 1 is 1.17 bits per heavy atom. The minimum atomic E-state index is -1.05. The maximum absolute atomic E-state index is 11.2. The lowest BCUT2D eigenvalue weighted by Gasteiger charge is -2.09. The molecule has 0 saturated heterocycles. The van der Waals surface area contributed by atoms with Crippen LogP contribution in [0.15, 0.2) is 42.5 Å². The molecule has 0 aromatic heterocycles. The van der Waals surface area contributed by atoms with Crippen molar-refractivity contribution in [3.05, 3.63) is 58.6 Å². The highest BCUT2D eigenvalue weighted by atomic mass is 35.5. The zero-order valence-electron chi connectivity index (χ0n) is 9.26. The summed E-state index contributed by atoms with van der Waals surface area (Å²) in [6, 6.07) is 11.4. The summed E-state index contributed by atoms with van der Waals surface area (Å²) in [6.45, 7) is 0. The summed E-state index contributed by atoms with van der Waals surface area (Å²) in [4.78, 5) is 21.9. The average molecular weight is 261 g/mol. The largest absolute Gasteiger partial charge is 0.478 e. The molecular weight excluding hydrogens is 252 g/mol. The van der Waals surface area contributed by atoms with E-state index in [0.29, 0.717) is 28.0 Å². The molecule has 18 heavy (non-hydrogen) atoms. The van der Waals surface area contributed by atoms with E-state index in [1.807, 2.05) is 0 Å². The number of carboxylic acids is 1. The lowest BCUT2D eigenvalue weighted by molar-refractivity contribution is 0.0697. The molecule has 0 spiro atoms. The third kappa shape index (κ3) is 2.26. The standard InChI is InChI=1S/C14H9ClO3/c15-12-6-2-5-11(14(17)18)13(12)10-4-1-3-9(7-10)8-16/h1-8H,(H,17,18). The zero-order valence-corrected chi connectivity index (χ0v) is 10.0. The van der Waals surface area contributed by atoms with E-state index in [2.05, 4.69) is 0 Å². The minimum Gasteiger partial charge on any atom is -0.478 e. The Morgan fingerprint density at radius 2 is 1.89 bits per heavy atom. The molecule has 0 aliphatic carbocycles. The summed E-state index contributed by atoms with van der Waals surface area (Å²) in [5, 5.41) is 9.50. The van der Waals surface area contributed by atoms with Crippen LogP contribution in [0.5, 0.6) is 0 Å². The monoisotopic (exact) mass is 260 g/mol. The van der Waals surface area contributed by atoms with Gasteiger partial charge < -0.3 is 5.11 Å². The number of carbonyl (C=O) groups excluding carboxylic acids is 1. The van der Waals surface area contributed by atoms with Gasteiger partial charge >= 0.3 is 5.97 Å². The van der Waals surface area contributed by atoms with Gasteiger partial charge in [0.15, 0.2) is 0 Å². The number of benzene rings is 2. The van der Waals surface area contributed by atoms with E-state index in [1.54, 1.807) is 36.4 Å². The Balaban J connectivity index is 2.69. The van der Waals surface area contributed by atoms with Gasteiger partial charge in [0.1, 0.15) is 6.29 Å². The molecule has 0 atom stereocenters. The van der Waals surface area contributed by atoms with Gasteiger partial charge in [0, 0.05) is 16.1 Å². The van der Waals surface area contributed by atoms with Crippen LogP contribution in [0.2, 0.25) is 5.02 Å². The molecule has 3 nitrogen and oxygen atoms in total. The second-order valence-electron chi connectivity index (χ2n) is 3.71. The lowest BCUT2D eigenvalue weighted by Crippen LogP contribution is -2.00. The number of hydrogen-bond acceptors (Lipinski definition) is 2. The fraction of sp³-hybridized carbons (Fsp3) is 0. The van der Waals surface area contributed by atoms with Crippen LogP contribution in [-0.2, 0) is 0 Å². The fourth-order valence-electron chi connectivity index (χ4n) is 1.76. The third-order valence-electron chi connectivity index (χ3n) is 2.56.